The zero-order chi connectivity index (χ0) is 14.1. The topological polar surface area (TPSA) is 55.8 Å². The van der Waals surface area contributed by atoms with Gasteiger partial charge in [0.1, 0.15) is 15.4 Å². The first-order chi connectivity index (χ1) is 8.36. The first-order valence-electron chi connectivity index (χ1n) is 6.60. The van der Waals surface area contributed by atoms with Gasteiger partial charge in [0.15, 0.2) is 0 Å². The van der Waals surface area contributed by atoms with Gasteiger partial charge in [-0.1, -0.05) is 19.0 Å². The van der Waals surface area contributed by atoms with Crippen LogP contribution in [0.15, 0.2) is 11.3 Å². The van der Waals surface area contributed by atoms with Crippen LogP contribution < -0.4 is 0 Å². The lowest BCUT2D eigenvalue weighted by Gasteiger charge is -2.22. The monoisotopic (exact) mass is 274 g/mol. The van der Waals surface area contributed by atoms with Crippen molar-refractivity contribution in [3.63, 3.8) is 0 Å². The Hall–Kier alpha value is -0.653. The van der Waals surface area contributed by atoms with Crippen LogP contribution in [0.25, 0.3) is 0 Å². The maximum Gasteiger partial charge on any atom is 0.330 e. The summed E-state index contributed by atoms with van der Waals surface area (Å²) in [5, 5.41) is 9.05. The minimum Gasteiger partial charge on any atom is -0.478 e. The third-order valence-electron chi connectivity index (χ3n) is 2.20. The minimum atomic E-state index is -0.858. The number of ether oxygens (including phenoxy) is 2. The van der Waals surface area contributed by atoms with Gasteiger partial charge in [-0.05, 0) is 34.1 Å². The quantitative estimate of drug-likeness (QED) is 0.397. The Bertz CT molecular complexity index is 264. The Balaban J connectivity index is 4.53. The molecule has 0 aliphatic rings. The average molecular weight is 274 g/mol. The molecule has 18 heavy (non-hydrogen) atoms. The molecule has 0 amide bonds. The molecule has 0 atom stereocenters. The predicted molar refractivity (Wildman–Crippen MR) is 75.4 cm³/mol. The maximum absolute atomic E-state index is 11.0. The van der Waals surface area contributed by atoms with Gasteiger partial charge in [-0.15, -0.1) is 0 Å². The molecule has 0 rings (SSSR count). The smallest absolute Gasteiger partial charge is 0.330 e. The van der Waals surface area contributed by atoms with E-state index in [1.165, 1.54) is 0 Å². The molecule has 0 aliphatic carbocycles. The molecule has 4 nitrogen and oxygen atoms in total. The van der Waals surface area contributed by atoms with Crippen molar-refractivity contribution in [3.8, 4) is 0 Å². The molecular formula is C13H26O4Si. The van der Waals surface area contributed by atoms with Crippen molar-refractivity contribution in [2.75, 3.05) is 0 Å². The van der Waals surface area contributed by atoms with E-state index in [1.54, 1.807) is 0 Å². The normalized spacial score (nSPS) is 13.4. The van der Waals surface area contributed by atoms with Crippen LogP contribution in [0.1, 0.15) is 47.5 Å². The second-order valence-corrected chi connectivity index (χ2v) is 6.37. The molecule has 0 bridgehead atoms. The highest BCUT2D eigenvalue weighted by Gasteiger charge is 2.14. The lowest BCUT2D eigenvalue weighted by Crippen LogP contribution is -2.30. The summed E-state index contributed by atoms with van der Waals surface area (Å²) in [6.45, 7) is 9.81. The molecule has 0 unspecified atom stereocenters. The number of carbonyl (C=O) groups is 1. The van der Waals surface area contributed by atoms with E-state index in [0.717, 1.165) is 6.42 Å². The zero-order valence-corrected chi connectivity index (χ0v) is 13.5. The van der Waals surface area contributed by atoms with Gasteiger partial charge in [0.25, 0.3) is 0 Å². The van der Waals surface area contributed by atoms with Crippen LogP contribution in [0.4, 0.5) is 0 Å². The highest BCUT2D eigenvalue weighted by molar-refractivity contribution is 6.44. The van der Waals surface area contributed by atoms with Crippen LogP contribution in [0.5, 0.6) is 0 Å². The Morgan fingerprint density at radius 1 is 1.22 bits per heavy atom. The zero-order valence-electron chi connectivity index (χ0n) is 12.1. The van der Waals surface area contributed by atoms with E-state index in [-0.39, 0.29) is 18.1 Å². The van der Waals surface area contributed by atoms with Crippen LogP contribution in [0.2, 0.25) is 0 Å². The van der Waals surface area contributed by atoms with Crippen LogP contribution in [0, 0.1) is 0 Å². The molecule has 0 aromatic carbocycles. The summed E-state index contributed by atoms with van der Waals surface area (Å²) in [5.74, 6) is -1.06. The standard InChI is InChI=1S/C13H26O4Si/c1-6-7-11(12(14)15)8-18-13(16-9(2)3)17-10(4)5/h8-10,13H,6-7,18H2,1-5H3,(H,14,15). The summed E-state index contributed by atoms with van der Waals surface area (Å²) in [4.78, 5) is 11.0. The molecule has 0 aromatic rings. The van der Waals surface area contributed by atoms with Crippen LogP contribution in [-0.4, -0.2) is 38.7 Å². The maximum atomic E-state index is 11.0. The first-order valence-corrected chi connectivity index (χ1v) is 8.23. The van der Waals surface area contributed by atoms with E-state index in [0.29, 0.717) is 12.0 Å². The number of carboxylic acid groups (broad SMARTS) is 1. The van der Waals surface area contributed by atoms with Crippen LogP contribution >= 0.6 is 0 Å². The summed E-state index contributed by atoms with van der Waals surface area (Å²) in [6, 6.07) is 0. The number of aliphatic carboxylic acids is 1. The van der Waals surface area contributed by atoms with E-state index in [2.05, 4.69) is 0 Å². The first kappa shape index (κ1) is 17.3. The average Bonchev–Trinajstić information content (AvgIpc) is 2.21. The van der Waals surface area contributed by atoms with Crippen LogP contribution in [0.3, 0.4) is 0 Å². The van der Waals surface area contributed by atoms with Gasteiger partial charge in [-0.2, -0.15) is 0 Å². The van der Waals surface area contributed by atoms with Gasteiger partial charge in [0.05, 0.1) is 12.2 Å². The second-order valence-electron chi connectivity index (χ2n) is 4.82. The number of hydrogen-bond donors (Lipinski definition) is 1. The summed E-state index contributed by atoms with van der Waals surface area (Å²) in [7, 11) is -0.858. The summed E-state index contributed by atoms with van der Waals surface area (Å²) >= 11 is 0. The Morgan fingerprint density at radius 2 is 1.72 bits per heavy atom. The molecule has 5 heteroatoms. The van der Waals surface area contributed by atoms with Gasteiger partial charge in [0, 0.05) is 5.57 Å². The van der Waals surface area contributed by atoms with Crippen molar-refractivity contribution >= 4 is 15.5 Å². The molecule has 0 spiro atoms. The number of carboxylic acids is 1. The molecule has 106 valence electrons. The molecule has 0 heterocycles. The van der Waals surface area contributed by atoms with Crippen molar-refractivity contribution in [3.05, 3.63) is 11.3 Å². The van der Waals surface area contributed by atoms with E-state index in [9.17, 15) is 4.79 Å². The largest absolute Gasteiger partial charge is 0.478 e. The van der Waals surface area contributed by atoms with Crippen LogP contribution in [-0.2, 0) is 14.3 Å². The van der Waals surface area contributed by atoms with Crippen molar-refractivity contribution in [2.24, 2.45) is 0 Å². The van der Waals surface area contributed by atoms with Crippen molar-refractivity contribution in [1.82, 2.24) is 0 Å². The summed E-state index contributed by atoms with van der Waals surface area (Å²) < 4.78 is 11.3. The molecular weight excluding hydrogens is 248 g/mol. The molecule has 0 fully saturated rings. The molecule has 0 aliphatic heterocycles. The second kappa shape index (κ2) is 9.30. The summed E-state index contributed by atoms with van der Waals surface area (Å²) in [5.41, 5.74) is 2.34. The van der Waals surface area contributed by atoms with E-state index in [1.807, 2.05) is 40.3 Å². The Kier molecular flexibility index (Phi) is 8.96. The predicted octanol–water partition coefficient (Wildman–Crippen LogP) is 2.06. The highest BCUT2D eigenvalue weighted by Crippen LogP contribution is 2.08. The van der Waals surface area contributed by atoms with Gasteiger partial charge >= 0.3 is 5.97 Å². The highest BCUT2D eigenvalue weighted by atomic mass is 28.2. The third kappa shape index (κ3) is 8.44. The molecule has 1 N–H and O–H groups in total. The minimum absolute atomic E-state index is 0.0918. The van der Waals surface area contributed by atoms with Gasteiger partial charge < -0.3 is 14.6 Å². The van der Waals surface area contributed by atoms with E-state index < -0.39 is 15.5 Å². The fourth-order valence-corrected chi connectivity index (χ4v) is 3.40. The van der Waals surface area contributed by atoms with Crippen molar-refractivity contribution in [2.45, 2.75) is 65.6 Å². The van der Waals surface area contributed by atoms with Gasteiger partial charge in [-0.3, -0.25) is 0 Å². The lowest BCUT2D eigenvalue weighted by molar-refractivity contribution is -0.133. The van der Waals surface area contributed by atoms with Crippen molar-refractivity contribution < 1.29 is 19.4 Å². The Labute approximate surface area is 112 Å². The SMILES string of the molecule is CCCC(=C[SiH2]C(OC(C)C)OC(C)C)C(=O)O. The molecule has 0 aromatic heterocycles. The van der Waals surface area contributed by atoms with Gasteiger partial charge in [0.2, 0.25) is 0 Å². The van der Waals surface area contributed by atoms with E-state index >= 15 is 0 Å². The molecule has 0 saturated heterocycles. The fraction of sp³-hybridized carbons (Fsp3) is 0.769. The van der Waals surface area contributed by atoms with E-state index in [4.69, 9.17) is 14.6 Å². The number of rotatable bonds is 9. The fourth-order valence-electron chi connectivity index (χ4n) is 1.55. The Morgan fingerprint density at radius 3 is 2.06 bits per heavy atom. The summed E-state index contributed by atoms with van der Waals surface area (Å²) in [6.07, 6.45) is 1.63. The molecule has 0 saturated carbocycles. The van der Waals surface area contributed by atoms with Gasteiger partial charge in [-0.25, -0.2) is 4.79 Å². The van der Waals surface area contributed by atoms with Crippen molar-refractivity contribution in [1.29, 1.82) is 0 Å². The molecule has 0 radical (unpaired) electrons. The number of hydrogen-bond acceptors (Lipinski definition) is 3. The lowest BCUT2D eigenvalue weighted by atomic mass is 10.2. The third-order valence-corrected chi connectivity index (χ3v) is 3.70.